The van der Waals surface area contributed by atoms with Gasteiger partial charge in [0, 0.05) is 11.4 Å². The number of hydrogen-bond donors (Lipinski definition) is 2. The smallest absolute Gasteiger partial charge is 0.330 e. The van der Waals surface area contributed by atoms with Crippen molar-refractivity contribution in [1.29, 1.82) is 0 Å². The van der Waals surface area contributed by atoms with Gasteiger partial charge in [0.2, 0.25) is 5.95 Å². The Morgan fingerprint density at radius 2 is 0.886 bits per heavy atom. The van der Waals surface area contributed by atoms with Crippen molar-refractivity contribution in [2.45, 2.75) is 0 Å². The van der Waals surface area contributed by atoms with Gasteiger partial charge in [0.25, 0.3) is 0 Å². The number of aromatic nitrogens is 3. The Hall–Kier alpha value is -5.11. The zero-order chi connectivity index (χ0) is 24.0. The van der Waals surface area contributed by atoms with Gasteiger partial charge in [-0.25, -0.2) is 0 Å². The van der Waals surface area contributed by atoms with Crippen LogP contribution in [0.1, 0.15) is 0 Å². The zero-order valence-corrected chi connectivity index (χ0v) is 18.4. The number of phenols is 2. The van der Waals surface area contributed by atoms with Crippen molar-refractivity contribution >= 4 is 17.3 Å². The second-order valence-electron chi connectivity index (χ2n) is 7.40. The summed E-state index contributed by atoms with van der Waals surface area (Å²) in [6, 6.07) is 31.8. The Balaban J connectivity index is 1.60. The van der Waals surface area contributed by atoms with E-state index >= 15 is 0 Å². The lowest BCUT2D eigenvalue weighted by Crippen LogP contribution is -2.14. The first-order chi connectivity index (χ1) is 17.1. The summed E-state index contributed by atoms with van der Waals surface area (Å²) < 4.78 is 11.7. The Kier molecular flexibility index (Phi) is 6.08. The SMILES string of the molecule is Oc1ccc(Oc2nc(Oc3ccc(O)cc3)nc(N(c3ccccc3)c3ccccc3)n2)cc1. The molecule has 0 saturated carbocycles. The van der Waals surface area contributed by atoms with Gasteiger partial charge in [0.1, 0.15) is 23.0 Å². The number of hydrogen-bond acceptors (Lipinski definition) is 8. The molecule has 1 aromatic heterocycles. The molecule has 0 fully saturated rings. The number of anilines is 3. The normalized spacial score (nSPS) is 10.5. The highest BCUT2D eigenvalue weighted by molar-refractivity contribution is 5.72. The summed E-state index contributed by atoms with van der Waals surface area (Å²) in [5.41, 5.74) is 1.66. The summed E-state index contributed by atoms with van der Waals surface area (Å²) in [6.45, 7) is 0. The van der Waals surface area contributed by atoms with E-state index in [1.165, 1.54) is 24.3 Å². The van der Waals surface area contributed by atoms with E-state index in [-0.39, 0.29) is 29.5 Å². The molecule has 0 amide bonds. The molecule has 172 valence electrons. The number of aromatic hydroxyl groups is 2. The maximum atomic E-state index is 9.58. The van der Waals surface area contributed by atoms with E-state index in [2.05, 4.69) is 15.0 Å². The molecule has 8 nitrogen and oxygen atoms in total. The van der Waals surface area contributed by atoms with Gasteiger partial charge in [-0.2, -0.15) is 9.97 Å². The number of nitrogens with zero attached hydrogens (tertiary/aromatic N) is 4. The number of phenolic OH excluding ortho intramolecular Hbond substituents is 2. The lowest BCUT2D eigenvalue weighted by Gasteiger charge is -2.23. The van der Waals surface area contributed by atoms with Gasteiger partial charge in [-0.3, -0.25) is 4.90 Å². The number of rotatable bonds is 7. The fourth-order valence-corrected chi connectivity index (χ4v) is 3.29. The number of benzene rings is 4. The topological polar surface area (TPSA) is 101 Å². The van der Waals surface area contributed by atoms with Crippen molar-refractivity contribution in [3.8, 4) is 35.0 Å². The Morgan fingerprint density at radius 3 is 1.29 bits per heavy atom. The first-order valence-electron chi connectivity index (χ1n) is 10.7. The third-order valence-corrected chi connectivity index (χ3v) is 4.90. The van der Waals surface area contributed by atoms with Crippen LogP contribution < -0.4 is 14.4 Å². The van der Waals surface area contributed by atoms with Crippen LogP contribution in [0.25, 0.3) is 0 Å². The summed E-state index contributed by atoms with van der Waals surface area (Å²) in [5, 5.41) is 19.2. The van der Waals surface area contributed by atoms with Crippen LogP contribution in [-0.2, 0) is 0 Å². The van der Waals surface area contributed by atoms with Crippen molar-refractivity contribution in [3.05, 3.63) is 109 Å². The predicted molar refractivity (Wildman–Crippen MR) is 131 cm³/mol. The molecule has 1 heterocycles. The highest BCUT2D eigenvalue weighted by Gasteiger charge is 2.19. The van der Waals surface area contributed by atoms with E-state index < -0.39 is 0 Å². The molecule has 2 N–H and O–H groups in total. The minimum absolute atomic E-state index is 0.00586. The van der Waals surface area contributed by atoms with Gasteiger partial charge in [0.15, 0.2) is 0 Å². The molecule has 0 saturated heterocycles. The summed E-state index contributed by atoms with van der Waals surface area (Å²) in [7, 11) is 0. The molecule has 0 atom stereocenters. The third kappa shape index (κ3) is 5.28. The predicted octanol–water partition coefficient (Wildman–Crippen LogP) is 6.34. The van der Waals surface area contributed by atoms with Crippen molar-refractivity contribution in [2.24, 2.45) is 0 Å². The van der Waals surface area contributed by atoms with Crippen molar-refractivity contribution in [2.75, 3.05) is 4.90 Å². The molecular formula is C27H20N4O4. The van der Waals surface area contributed by atoms with Gasteiger partial charge in [-0.05, 0) is 72.8 Å². The second-order valence-corrected chi connectivity index (χ2v) is 7.40. The molecule has 5 aromatic rings. The summed E-state index contributed by atoms with van der Waals surface area (Å²) in [5.74, 6) is 1.37. The molecule has 0 aliphatic carbocycles. The van der Waals surface area contributed by atoms with Gasteiger partial charge in [-0.1, -0.05) is 36.4 Å². The molecule has 0 radical (unpaired) electrons. The van der Waals surface area contributed by atoms with Gasteiger partial charge >= 0.3 is 12.0 Å². The van der Waals surface area contributed by atoms with Crippen molar-refractivity contribution < 1.29 is 19.7 Å². The Bertz CT molecular complexity index is 1290. The average Bonchev–Trinajstić information content (AvgIpc) is 2.88. The van der Waals surface area contributed by atoms with Gasteiger partial charge in [0.05, 0.1) is 0 Å². The molecule has 35 heavy (non-hydrogen) atoms. The van der Waals surface area contributed by atoms with E-state index in [1.54, 1.807) is 24.3 Å². The highest BCUT2D eigenvalue weighted by Crippen LogP contribution is 2.34. The molecule has 0 aliphatic heterocycles. The average molecular weight is 464 g/mol. The molecule has 0 spiro atoms. The minimum Gasteiger partial charge on any atom is -0.508 e. The Morgan fingerprint density at radius 1 is 0.486 bits per heavy atom. The third-order valence-electron chi connectivity index (χ3n) is 4.90. The van der Waals surface area contributed by atoms with Crippen LogP contribution in [-0.4, -0.2) is 25.2 Å². The lowest BCUT2D eigenvalue weighted by molar-refractivity contribution is 0.396. The molecule has 0 aliphatic rings. The van der Waals surface area contributed by atoms with Crippen LogP contribution in [0, 0.1) is 0 Å². The van der Waals surface area contributed by atoms with E-state index in [4.69, 9.17) is 9.47 Å². The molecule has 8 heteroatoms. The van der Waals surface area contributed by atoms with Crippen LogP contribution >= 0.6 is 0 Å². The first-order valence-corrected chi connectivity index (χ1v) is 10.7. The fourth-order valence-electron chi connectivity index (χ4n) is 3.29. The second kappa shape index (κ2) is 9.80. The highest BCUT2D eigenvalue weighted by atomic mass is 16.5. The van der Waals surface area contributed by atoms with Crippen LogP contribution in [0.4, 0.5) is 17.3 Å². The zero-order valence-electron chi connectivity index (χ0n) is 18.4. The Labute approximate surface area is 201 Å². The molecule has 0 unspecified atom stereocenters. The van der Waals surface area contributed by atoms with Crippen LogP contribution in [0.5, 0.6) is 35.0 Å². The first kappa shape index (κ1) is 21.7. The standard InChI is InChI=1S/C27H20N4O4/c32-21-11-15-23(16-12-21)34-26-28-25(29-27(30-26)35-24-17-13-22(33)14-18-24)31(19-7-3-1-4-8-19)20-9-5-2-6-10-20/h1-18,32-33H. The monoisotopic (exact) mass is 464 g/mol. The molecule has 0 bridgehead atoms. The molecule has 4 aromatic carbocycles. The van der Waals surface area contributed by atoms with Crippen LogP contribution in [0.2, 0.25) is 0 Å². The van der Waals surface area contributed by atoms with E-state index in [0.29, 0.717) is 11.5 Å². The number of para-hydroxylation sites is 2. The fraction of sp³-hybridized carbons (Fsp3) is 0. The summed E-state index contributed by atoms with van der Waals surface area (Å²) in [4.78, 5) is 15.3. The maximum absolute atomic E-state index is 9.58. The van der Waals surface area contributed by atoms with Crippen molar-refractivity contribution in [1.82, 2.24) is 15.0 Å². The summed E-state index contributed by atoms with van der Waals surface area (Å²) in [6.07, 6.45) is 0. The van der Waals surface area contributed by atoms with Crippen molar-refractivity contribution in [3.63, 3.8) is 0 Å². The lowest BCUT2D eigenvalue weighted by atomic mass is 10.2. The van der Waals surface area contributed by atoms with E-state index in [9.17, 15) is 10.2 Å². The minimum atomic E-state index is 0.00586. The van der Waals surface area contributed by atoms with E-state index in [1.807, 2.05) is 65.6 Å². The molecular weight excluding hydrogens is 444 g/mol. The van der Waals surface area contributed by atoms with Gasteiger partial charge < -0.3 is 19.7 Å². The van der Waals surface area contributed by atoms with E-state index in [0.717, 1.165) is 11.4 Å². The maximum Gasteiger partial charge on any atom is 0.330 e. The quantitative estimate of drug-likeness (QED) is 0.288. The largest absolute Gasteiger partial charge is 0.508 e. The molecule has 5 rings (SSSR count). The summed E-state index contributed by atoms with van der Waals surface area (Å²) >= 11 is 0. The number of ether oxygens (including phenoxy) is 2. The van der Waals surface area contributed by atoms with Crippen LogP contribution in [0.3, 0.4) is 0 Å². The van der Waals surface area contributed by atoms with Gasteiger partial charge in [-0.15, -0.1) is 4.98 Å². The van der Waals surface area contributed by atoms with Crippen LogP contribution in [0.15, 0.2) is 109 Å².